The van der Waals surface area contributed by atoms with E-state index in [1.165, 1.54) is 19.9 Å². The summed E-state index contributed by atoms with van der Waals surface area (Å²) in [5.74, 6) is -1.95. The molecule has 9 heteroatoms. The normalized spacial score (nSPS) is 42.7. The highest BCUT2D eigenvalue weighted by Gasteiger charge is 2.78. The molecule has 4 aliphatic carbocycles. The first-order valence-corrected chi connectivity index (χ1v) is 17.1. The van der Waals surface area contributed by atoms with Crippen molar-refractivity contribution in [2.75, 3.05) is 6.61 Å². The first-order valence-electron chi connectivity index (χ1n) is 17.1. The molecule has 1 aromatic carbocycles. The second kappa shape index (κ2) is 11.4. The standard InChI is InChI=1S/C39H46O9/c1-22(40)46-29-19-31(48-32(42)15-12-24-10-8-7-9-11-24)39(6)28-18-30(47-23(2)41)37(4)26(25-16-17-44-20-25)13-14-27(37)38(28,5)35(43)33-34(39)36(29,3)21-45-33/h7-12,14-17,20,26,28-31,33-35,43H,13,18-19,21H2,1-6H3/b15-12+/t26-,28-,29+,30-,31-,33+,34-,35+,36+,37-,38-,39-/m0/s1. The molecule has 1 aromatic heterocycles. The van der Waals surface area contributed by atoms with Crippen LogP contribution in [0.3, 0.4) is 0 Å². The van der Waals surface area contributed by atoms with E-state index < -0.39 is 64.1 Å². The van der Waals surface area contributed by atoms with E-state index in [0.717, 1.165) is 16.7 Å². The maximum atomic E-state index is 13.6. The molecule has 0 bridgehead atoms. The number of benzene rings is 1. The second-order valence-corrected chi connectivity index (χ2v) is 15.5. The molecule has 0 amide bonds. The predicted molar refractivity (Wildman–Crippen MR) is 175 cm³/mol. The third-order valence-electron chi connectivity index (χ3n) is 13.1. The van der Waals surface area contributed by atoms with E-state index in [9.17, 15) is 19.5 Å². The van der Waals surface area contributed by atoms with Crippen LogP contribution >= 0.6 is 0 Å². The molecular formula is C39H46O9. The van der Waals surface area contributed by atoms with Crippen molar-refractivity contribution in [1.29, 1.82) is 0 Å². The smallest absolute Gasteiger partial charge is 0.331 e. The highest BCUT2D eigenvalue weighted by atomic mass is 16.6. The number of ether oxygens (including phenoxy) is 4. The molecule has 0 radical (unpaired) electrons. The lowest BCUT2D eigenvalue weighted by Crippen LogP contribution is -2.74. The van der Waals surface area contributed by atoms with Gasteiger partial charge in [-0.1, -0.05) is 69.7 Å². The fourth-order valence-electron chi connectivity index (χ4n) is 11.2. The van der Waals surface area contributed by atoms with Gasteiger partial charge in [0.2, 0.25) is 0 Å². The van der Waals surface area contributed by atoms with Gasteiger partial charge >= 0.3 is 17.9 Å². The van der Waals surface area contributed by atoms with Gasteiger partial charge in [-0.2, -0.15) is 0 Å². The van der Waals surface area contributed by atoms with E-state index in [0.29, 0.717) is 12.8 Å². The maximum absolute atomic E-state index is 13.6. The number of hydrogen-bond donors (Lipinski definition) is 1. The van der Waals surface area contributed by atoms with Crippen molar-refractivity contribution in [2.24, 2.45) is 33.5 Å². The van der Waals surface area contributed by atoms with Gasteiger partial charge in [0.05, 0.1) is 31.3 Å². The third kappa shape index (κ3) is 4.60. The number of allylic oxidation sites excluding steroid dienone is 1. The van der Waals surface area contributed by atoms with Gasteiger partial charge in [0.15, 0.2) is 0 Å². The lowest BCUT2D eigenvalue weighted by atomic mass is 9.36. The van der Waals surface area contributed by atoms with Crippen molar-refractivity contribution in [3.05, 3.63) is 77.8 Å². The molecule has 3 saturated carbocycles. The zero-order chi connectivity index (χ0) is 34.2. The van der Waals surface area contributed by atoms with Gasteiger partial charge in [-0.15, -0.1) is 0 Å². The minimum Gasteiger partial charge on any atom is -0.472 e. The predicted octanol–water partition coefficient (Wildman–Crippen LogP) is 6.02. The summed E-state index contributed by atoms with van der Waals surface area (Å²) < 4.78 is 30.7. The van der Waals surface area contributed by atoms with Crippen LogP contribution in [0.2, 0.25) is 0 Å². The van der Waals surface area contributed by atoms with E-state index >= 15 is 0 Å². The third-order valence-corrected chi connectivity index (χ3v) is 13.1. The number of carbonyl (C=O) groups is 3. The van der Waals surface area contributed by atoms with Crippen molar-refractivity contribution >= 4 is 24.0 Å². The molecule has 1 N–H and O–H groups in total. The zero-order valence-electron chi connectivity index (χ0n) is 28.5. The average Bonchev–Trinajstić information content (AvgIpc) is 3.78. The van der Waals surface area contributed by atoms with Crippen molar-refractivity contribution in [1.82, 2.24) is 0 Å². The summed E-state index contributed by atoms with van der Waals surface area (Å²) in [6.45, 7) is 11.6. The minimum absolute atomic E-state index is 0.0303. The van der Waals surface area contributed by atoms with Crippen LogP contribution in [0.15, 0.2) is 71.1 Å². The highest BCUT2D eigenvalue weighted by molar-refractivity contribution is 5.87. The van der Waals surface area contributed by atoms with Gasteiger partial charge in [0, 0.05) is 59.8 Å². The quantitative estimate of drug-likeness (QED) is 0.172. The van der Waals surface area contributed by atoms with Gasteiger partial charge in [-0.25, -0.2) is 4.79 Å². The first kappa shape index (κ1) is 32.8. The number of carbonyl (C=O) groups excluding carboxylic acids is 3. The highest BCUT2D eigenvalue weighted by Crippen LogP contribution is 2.75. The molecule has 2 aromatic rings. The first-order chi connectivity index (χ1) is 22.7. The molecule has 12 atom stereocenters. The van der Waals surface area contributed by atoms with Gasteiger partial charge in [-0.3, -0.25) is 9.59 Å². The second-order valence-electron chi connectivity index (χ2n) is 15.5. The number of rotatable bonds is 6. The molecule has 48 heavy (non-hydrogen) atoms. The topological polar surface area (TPSA) is 122 Å². The summed E-state index contributed by atoms with van der Waals surface area (Å²) >= 11 is 0. The molecule has 9 nitrogen and oxygen atoms in total. The Balaban J connectivity index is 1.35. The van der Waals surface area contributed by atoms with Crippen molar-refractivity contribution in [2.45, 2.75) is 97.2 Å². The van der Waals surface area contributed by atoms with Gasteiger partial charge in [0.25, 0.3) is 0 Å². The van der Waals surface area contributed by atoms with Crippen LogP contribution in [-0.2, 0) is 33.3 Å². The molecule has 4 fully saturated rings. The lowest BCUT2D eigenvalue weighted by Gasteiger charge is -2.70. The molecule has 1 aliphatic heterocycles. The summed E-state index contributed by atoms with van der Waals surface area (Å²) in [6, 6.07) is 11.5. The Morgan fingerprint density at radius 3 is 2.27 bits per heavy atom. The van der Waals surface area contributed by atoms with Crippen LogP contribution in [0.25, 0.3) is 6.08 Å². The number of furan rings is 1. The molecule has 7 rings (SSSR count). The average molecular weight is 659 g/mol. The number of esters is 3. The van der Waals surface area contributed by atoms with Crippen LogP contribution in [-0.4, -0.2) is 60.1 Å². The van der Waals surface area contributed by atoms with E-state index in [1.807, 2.05) is 36.4 Å². The van der Waals surface area contributed by atoms with Crippen molar-refractivity contribution in [3.8, 4) is 0 Å². The Bertz CT molecular complexity index is 1650. The van der Waals surface area contributed by atoms with E-state index in [4.69, 9.17) is 23.4 Å². The Morgan fingerprint density at radius 2 is 1.60 bits per heavy atom. The Hall–Kier alpha value is -3.69. The molecule has 256 valence electrons. The molecule has 5 aliphatic rings. The molecule has 2 heterocycles. The van der Waals surface area contributed by atoms with E-state index in [-0.39, 0.29) is 36.8 Å². The van der Waals surface area contributed by atoms with E-state index in [2.05, 4.69) is 33.8 Å². The number of aliphatic hydroxyl groups is 1. The number of hydrogen-bond acceptors (Lipinski definition) is 9. The summed E-state index contributed by atoms with van der Waals surface area (Å²) in [5, 5.41) is 12.6. The lowest BCUT2D eigenvalue weighted by molar-refractivity contribution is -0.270. The monoisotopic (exact) mass is 658 g/mol. The number of fused-ring (bicyclic) bond motifs is 4. The van der Waals surface area contributed by atoms with Gasteiger partial charge in [0.1, 0.15) is 18.3 Å². The summed E-state index contributed by atoms with van der Waals surface area (Å²) in [5.41, 5.74) is 0.0482. The molecule has 0 spiro atoms. The Kier molecular flexibility index (Phi) is 7.83. The summed E-state index contributed by atoms with van der Waals surface area (Å²) in [6.07, 6.45) is 6.86. The SMILES string of the molecule is CC(=O)O[C@H]1C[C@H]2[C@](C)(C3=CC[C@@H](c4ccoc4)[C@@]31C)[C@H](O)[C@@H]1OC[C@]3(C)[C@H](OC(C)=O)C[C@H](OC(=O)/C=C/c4ccccc4)[C@@]2(C)[C@@H]13. The largest absolute Gasteiger partial charge is 0.472 e. The fraction of sp³-hybridized carbons (Fsp3) is 0.564. The van der Waals surface area contributed by atoms with Crippen LogP contribution in [0.1, 0.15) is 77.8 Å². The number of aliphatic hydroxyl groups excluding tert-OH is 1. The summed E-state index contributed by atoms with van der Waals surface area (Å²) in [7, 11) is 0. The molecular weight excluding hydrogens is 612 g/mol. The Labute approximate surface area is 281 Å². The van der Waals surface area contributed by atoms with E-state index in [1.54, 1.807) is 18.6 Å². The van der Waals surface area contributed by atoms with Gasteiger partial charge < -0.3 is 28.5 Å². The van der Waals surface area contributed by atoms with Crippen molar-refractivity contribution < 1.29 is 42.9 Å². The van der Waals surface area contributed by atoms with Crippen LogP contribution < -0.4 is 0 Å². The van der Waals surface area contributed by atoms with Crippen LogP contribution in [0.5, 0.6) is 0 Å². The summed E-state index contributed by atoms with van der Waals surface area (Å²) in [4.78, 5) is 38.8. The van der Waals surface area contributed by atoms with Crippen LogP contribution in [0, 0.1) is 33.5 Å². The van der Waals surface area contributed by atoms with Crippen molar-refractivity contribution in [3.63, 3.8) is 0 Å². The molecule has 0 unspecified atom stereocenters. The zero-order valence-corrected chi connectivity index (χ0v) is 28.5. The maximum Gasteiger partial charge on any atom is 0.331 e. The van der Waals surface area contributed by atoms with Crippen LogP contribution in [0.4, 0.5) is 0 Å². The fourth-order valence-corrected chi connectivity index (χ4v) is 11.2. The van der Waals surface area contributed by atoms with Gasteiger partial charge in [-0.05, 0) is 42.0 Å². The Morgan fingerprint density at radius 1 is 0.896 bits per heavy atom. The molecule has 1 saturated heterocycles. The minimum atomic E-state index is -0.917.